The standard InChI is InChI=1S/C20H22N4O/c1-3-14-4-6-16(7-5-14)19-12-18(23-20-21-13-22-24(19)20)15-8-10-17(25-2)11-9-15/h4-11,13,18-19H,3,12H2,1-2H3,(H,21,22,23)/t18-,19+/m0/s1. The molecule has 128 valence electrons. The molecular formula is C20H22N4O. The van der Waals surface area contributed by atoms with E-state index in [2.05, 4.69) is 58.7 Å². The van der Waals surface area contributed by atoms with E-state index in [1.54, 1.807) is 13.4 Å². The van der Waals surface area contributed by atoms with Gasteiger partial charge in [-0.1, -0.05) is 43.3 Å². The van der Waals surface area contributed by atoms with Crippen molar-refractivity contribution in [3.63, 3.8) is 0 Å². The average Bonchev–Trinajstić information content (AvgIpc) is 3.16. The monoisotopic (exact) mass is 334 g/mol. The second-order valence-corrected chi connectivity index (χ2v) is 6.34. The summed E-state index contributed by atoms with van der Waals surface area (Å²) in [4.78, 5) is 4.39. The van der Waals surface area contributed by atoms with Gasteiger partial charge < -0.3 is 10.1 Å². The lowest BCUT2D eigenvalue weighted by Crippen LogP contribution is -2.28. The molecule has 0 radical (unpaired) electrons. The summed E-state index contributed by atoms with van der Waals surface area (Å²) in [6.45, 7) is 2.18. The first-order valence-corrected chi connectivity index (χ1v) is 8.67. The largest absolute Gasteiger partial charge is 0.497 e. The normalized spacial score (nSPS) is 19.1. The number of benzene rings is 2. The molecule has 0 saturated heterocycles. The van der Waals surface area contributed by atoms with Crippen molar-refractivity contribution in [2.45, 2.75) is 31.8 Å². The van der Waals surface area contributed by atoms with Gasteiger partial charge in [-0.2, -0.15) is 10.1 Å². The summed E-state index contributed by atoms with van der Waals surface area (Å²) in [5, 5.41) is 7.94. The highest BCUT2D eigenvalue weighted by Gasteiger charge is 2.29. The number of aryl methyl sites for hydroxylation is 1. The number of ether oxygens (including phenoxy) is 1. The Hall–Kier alpha value is -2.82. The SMILES string of the molecule is CCc1ccc([C@H]2C[C@@H](c3ccc(OC)cc3)Nc3ncnn32)cc1. The molecule has 0 bridgehead atoms. The Balaban J connectivity index is 1.66. The van der Waals surface area contributed by atoms with E-state index in [4.69, 9.17) is 4.74 Å². The van der Waals surface area contributed by atoms with Crippen molar-refractivity contribution in [3.05, 3.63) is 71.5 Å². The molecule has 0 unspecified atom stereocenters. The molecule has 1 N–H and O–H groups in total. The van der Waals surface area contributed by atoms with E-state index >= 15 is 0 Å². The van der Waals surface area contributed by atoms with Crippen molar-refractivity contribution < 1.29 is 4.74 Å². The Morgan fingerprint density at radius 1 is 1.08 bits per heavy atom. The number of fused-ring (bicyclic) bond motifs is 1. The molecule has 0 fully saturated rings. The quantitative estimate of drug-likeness (QED) is 0.784. The van der Waals surface area contributed by atoms with Crippen LogP contribution in [0.1, 0.15) is 42.1 Å². The summed E-state index contributed by atoms with van der Waals surface area (Å²) in [6.07, 6.45) is 3.59. The Morgan fingerprint density at radius 3 is 2.48 bits per heavy atom. The number of anilines is 1. The molecule has 3 aromatic rings. The lowest BCUT2D eigenvalue weighted by Gasteiger charge is -2.32. The molecule has 25 heavy (non-hydrogen) atoms. The first-order valence-electron chi connectivity index (χ1n) is 8.67. The highest BCUT2D eigenvalue weighted by atomic mass is 16.5. The summed E-state index contributed by atoms with van der Waals surface area (Å²) in [5.74, 6) is 1.69. The van der Waals surface area contributed by atoms with Gasteiger partial charge in [0.15, 0.2) is 0 Å². The lowest BCUT2D eigenvalue weighted by atomic mass is 9.93. The summed E-state index contributed by atoms with van der Waals surface area (Å²) in [7, 11) is 1.69. The van der Waals surface area contributed by atoms with Crippen LogP contribution < -0.4 is 10.1 Å². The van der Waals surface area contributed by atoms with Gasteiger partial charge in [0.05, 0.1) is 19.2 Å². The fraction of sp³-hybridized carbons (Fsp3) is 0.300. The fourth-order valence-electron chi connectivity index (χ4n) is 3.43. The van der Waals surface area contributed by atoms with E-state index < -0.39 is 0 Å². The van der Waals surface area contributed by atoms with Gasteiger partial charge in [0.2, 0.25) is 5.95 Å². The van der Waals surface area contributed by atoms with Crippen molar-refractivity contribution in [2.75, 3.05) is 12.4 Å². The molecule has 0 saturated carbocycles. The number of aromatic nitrogens is 3. The number of rotatable bonds is 4. The van der Waals surface area contributed by atoms with Gasteiger partial charge in [-0.3, -0.25) is 0 Å². The number of hydrogen-bond acceptors (Lipinski definition) is 4. The van der Waals surface area contributed by atoms with E-state index in [-0.39, 0.29) is 12.1 Å². The Kier molecular flexibility index (Phi) is 4.14. The maximum atomic E-state index is 5.27. The van der Waals surface area contributed by atoms with Crippen LogP contribution in [0.3, 0.4) is 0 Å². The predicted octanol–water partition coefficient (Wildman–Crippen LogP) is 4.00. The van der Waals surface area contributed by atoms with Gasteiger partial charge in [0.25, 0.3) is 0 Å². The second kappa shape index (κ2) is 6.59. The van der Waals surface area contributed by atoms with Crippen molar-refractivity contribution in [1.29, 1.82) is 0 Å². The molecule has 0 aliphatic carbocycles. The van der Waals surface area contributed by atoms with E-state index in [1.165, 1.54) is 16.7 Å². The first-order chi connectivity index (χ1) is 12.3. The van der Waals surface area contributed by atoms with Crippen LogP contribution in [0.4, 0.5) is 5.95 Å². The lowest BCUT2D eigenvalue weighted by molar-refractivity contribution is 0.413. The Morgan fingerprint density at radius 2 is 1.80 bits per heavy atom. The topological polar surface area (TPSA) is 52.0 Å². The van der Waals surface area contributed by atoms with E-state index in [1.807, 2.05) is 16.8 Å². The zero-order chi connectivity index (χ0) is 17.2. The highest BCUT2D eigenvalue weighted by Crippen LogP contribution is 2.37. The van der Waals surface area contributed by atoms with Crippen LogP contribution >= 0.6 is 0 Å². The van der Waals surface area contributed by atoms with Crippen molar-refractivity contribution in [3.8, 4) is 5.75 Å². The fourth-order valence-corrected chi connectivity index (χ4v) is 3.43. The van der Waals surface area contributed by atoms with Gasteiger partial charge in [0.1, 0.15) is 12.1 Å². The third-order valence-electron chi connectivity index (χ3n) is 4.92. The molecule has 1 aliphatic rings. The molecule has 1 aliphatic heterocycles. The first kappa shape index (κ1) is 15.7. The minimum absolute atomic E-state index is 0.178. The molecule has 0 amide bonds. The van der Waals surface area contributed by atoms with Crippen molar-refractivity contribution in [1.82, 2.24) is 14.8 Å². The molecule has 1 aromatic heterocycles. The van der Waals surface area contributed by atoms with Gasteiger partial charge in [-0.15, -0.1) is 0 Å². The van der Waals surface area contributed by atoms with Crippen LogP contribution in [0.2, 0.25) is 0 Å². The van der Waals surface area contributed by atoms with Crippen molar-refractivity contribution >= 4 is 5.95 Å². The zero-order valence-corrected chi connectivity index (χ0v) is 14.5. The van der Waals surface area contributed by atoms with Crippen LogP contribution in [0.25, 0.3) is 0 Å². The predicted molar refractivity (Wildman–Crippen MR) is 98.0 cm³/mol. The van der Waals surface area contributed by atoms with E-state index in [0.29, 0.717) is 0 Å². The summed E-state index contributed by atoms with van der Waals surface area (Å²) >= 11 is 0. The molecule has 5 heteroatoms. The molecular weight excluding hydrogens is 312 g/mol. The van der Waals surface area contributed by atoms with E-state index in [9.17, 15) is 0 Å². The van der Waals surface area contributed by atoms with Crippen LogP contribution in [-0.2, 0) is 6.42 Å². The highest BCUT2D eigenvalue weighted by molar-refractivity contribution is 5.40. The molecule has 2 atom stereocenters. The average molecular weight is 334 g/mol. The van der Waals surface area contributed by atoms with Crippen LogP contribution in [0, 0.1) is 0 Å². The molecule has 5 nitrogen and oxygen atoms in total. The third-order valence-corrected chi connectivity index (χ3v) is 4.92. The molecule has 0 spiro atoms. The summed E-state index contributed by atoms with van der Waals surface area (Å²) in [6, 6.07) is 17.4. The Labute approximate surface area is 147 Å². The van der Waals surface area contributed by atoms with Crippen LogP contribution in [0.15, 0.2) is 54.9 Å². The smallest absolute Gasteiger partial charge is 0.222 e. The molecule has 4 rings (SSSR count). The minimum atomic E-state index is 0.178. The van der Waals surface area contributed by atoms with Crippen LogP contribution in [-0.4, -0.2) is 21.9 Å². The summed E-state index contributed by atoms with van der Waals surface area (Å²) in [5.41, 5.74) is 3.84. The zero-order valence-electron chi connectivity index (χ0n) is 14.5. The number of nitrogens with one attached hydrogen (secondary N) is 1. The number of nitrogens with zero attached hydrogens (tertiary/aromatic N) is 3. The van der Waals surface area contributed by atoms with Crippen molar-refractivity contribution in [2.24, 2.45) is 0 Å². The minimum Gasteiger partial charge on any atom is -0.497 e. The molecule has 2 aromatic carbocycles. The van der Waals surface area contributed by atoms with Crippen LogP contribution in [0.5, 0.6) is 5.75 Å². The molecule has 2 heterocycles. The van der Waals surface area contributed by atoms with Gasteiger partial charge >= 0.3 is 0 Å². The Bertz CT molecular complexity index is 839. The van der Waals surface area contributed by atoms with Gasteiger partial charge in [-0.05, 0) is 41.7 Å². The van der Waals surface area contributed by atoms with E-state index in [0.717, 1.165) is 24.5 Å². The summed E-state index contributed by atoms with van der Waals surface area (Å²) < 4.78 is 7.25. The number of hydrogen-bond donors (Lipinski definition) is 1. The van der Waals surface area contributed by atoms with Gasteiger partial charge in [-0.25, -0.2) is 4.68 Å². The third kappa shape index (κ3) is 2.97. The number of methoxy groups -OCH3 is 1. The van der Waals surface area contributed by atoms with Gasteiger partial charge in [0, 0.05) is 0 Å². The maximum Gasteiger partial charge on any atom is 0.222 e. The second-order valence-electron chi connectivity index (χ2n) is 6.34. The maximum absolute atomic E-state index is 5.27.